The molecule has 1 aromatic carbocycles. The highest BCUT2D eigenvalue weighted by Crippen LogP contribution is 2.27. The van der Waals surface area contributed by atoms with Crippen molar-refractivity contribution >= 4 is 28.9 Å². The molecule has 0 aliphatic carbocycles. The van der Waals surface area contributed by atoms with Gasteiger partial charge in [0.2, 0.25) is 11.8 Å². The normalized spacial score (nSPS) is 15.4. The van der Waals surface area contributed by atoms with Crippen molar-refractivity contribution in [1.82, 2.24) is 14.7 Å². The Morgan fingerprint density at radius 1 is 1.11 bits per heavy atom. The monoisotopic (exact) mass is 518 g/mol. The Morgan fingerprint density at radius 3 is 2.51 bits per heavy atom. The molecular weight excluding hydrogens is 484 g/mol. The highest BCUT2D eigenvalue weighted by molar-refractivity contribution is 7.91. The van der Waals surface area contributed by atoms with Crippen molar-refractivity contribution in [3.8, 4) is 0 Å². The second-order valence-electron chi connectivity index (χ2n) is 9.90. The fourth-order valence-corrected chi connectivity index (χ4v) is 4.86. The third-order valence-corrected chi connectivity index (χ3v) is 8.26. The van der Waals surface area contributed by atoms with Crippen LogP contribution in [0.1, 0.15) is 76.5 Å². The van der Waals surface area contributed by atoms with E-state index in [1.807, 2.05) is 52.8 Å². The smallest absolute Gasteiger partial charge is 0.241 e. The Bertz CT molecular complexity index is 1050. The topological polar surface area (TPSA) is 123 Å². The van der Waals surface area contributed by atoms with Gasteiger partial charge >= 0.3 is 0 Å². The summed E-state index contributed by atoms with van der Waals surface area (Å²) in [5, 5.41) is 0. The molecule has 3 atom stereocenters. The van der Waals surface area contributed by atoms with Crippen LogP contribution in [0.4, 0.5) is 0 Å². The lowest BCUT2D eigenvalue weighted by Crippen LogP contribution is -2.41. The van der Waals surface area contributed by atoms with Crippen molar-refractivity contribution in [3.63, 3.8) is 0 Å². The number of hydrogen-bond acceptors (Lipinski definition) is 8. The van der Waals surface area contributed by atoms with Crippen molar-refractivity contribution in [2.24, 2.45) is 4.40 Å². The van der Waals surface area contributed by atoms with Crippen molar-refractivity contribution in [3.05, 3.63) is 72.1 Å². The van der Waals surface area contributed by atoms with E-state index in [4.69, 9.17) is 8.83 Å². The molecule has 0 bridgehead atoms. The van der Waals surface area contributed by atoms with Crippen molar-refractivity contribution in [1.29, 1.82) is 0 Å². The van der Waals surface area contributed by atoms with Crippen LogP contribution >= 0.6 is 0 Å². The summed E-state index contributed by atoms with van der Waals surface area (Å²) in [7, 11) is 0. The molecule has 35 heavy (non-hydrogen) atoms. The van der Waals surface area contributed by atoms with Crippen LogP contribution in [0.25, 0.3) is 0 Å². The molecule has 0 spiro atoms. The van der Waals surface area contributed by atoms with Gasteiger partial charge in [-0.15, -0.1) is 4.72 Å². The van der Waals surface area contributed by atoms with E-state index in [0.717, 1.165) is 12.8 Å². The number of benzene rings is 1. The molecule has 0 radical (unpaired) electrons. The van der Waals surface area contributed by atoms with Crippen LogP contribution in [0.3, 0.4) is 0 Å². The van der Waals surface area contributed by atoms with Crippen LogP contribution in [-0.2, 0) is 35.6 Å². The lowest BCUT2D eigenvalue weighted by Gasteiger charge is -2.26. The quantitative estimate of drug-likeness (QED) is 0.268. The van der Waals surface area contributed by atoms with Gasteiger partial charge < -0.3 is 17.9 Å². The molecule has 2 heterocycles. The van der Waals surface area contributed by atoms with Gasteiger partial charge in [0, 0.05) is 17.8 Å². The molecule has 190 valence electrons. The minimum atomic E-state index is -1.54. The van der Waals surface area contributed by atoms with Crippen LogP contribution in [0.5, 0.6) is 0 Å². The molecule has 2 aromatic heterocycles. The minimum Gasteiger partial charge on any atom is -0.598 e. The summed E-state index contributed by atoms with van der Waals surface area (Å²) >= 11 is -2.82. The first-order valence-corrected chi connectivity index (χ1v) is 13.8. The van der Waals surface area contributed by atoms with Crippen LogP contribution in [-0.4, -0.2) is 34.8 Å². The van der Waals surface area contributed by atoms with Gasteiger partial charge in [-0.1, -0.05) is 34.7 Å². The number of aryl methyl sites for hydroxylation is 1. The summed E-state index contributed by atoms with van der Waals surface area (Å²) in [5.74, 6) is 0.782. The molecule has 3 rings (SSSR count). The summed E-state index contributed by atoms with van der Waals surface area (Å²) in [6.07, 6.45) is 8.78. The standard InChI is InChI=1S/C25H34N4O4S2/c1-24(2,3)34(30)29-21(13-9-12-19-10-7-6-8-11-19)23-28-20(18-33-23)16-25(4,5)35(31)27-17-22-26-14-15-32-22/h6-8,10-11,14-15,17-18,21,29H,9,12-13,16H2,1-5H3. The molecule has 0 saturated heterocycles. The zero-order chi connectivity index (χ0) is 25.5. The van der Waals surface area contributed by atoms with Gasteiger partial charge in [0.05, 0.1) is 11.9 Å². The number of rotatable bonds is 12. The minimum absolute atomic E-state index is 0.300. The molecule has 1 N–H and O–H groups in total. The predicted molar refractivity (Wildman–Crippen MR) is 140 cm³/mol. The highest BCUT2D eigenvalue weighted by atomic mass is 32.2. The molecular formula is C25H34N4O4S2. The Labute approximate surface area is 213 Å². The summed E-state index contributed by atoms with van der Waals surface area (Å²) in [5.41, 5.74) is 1.92. The SMILES string of the molecule is CC(C)(C)[S+]([O-])NC(CCCc1ccccc1)c1nc(CC(C)(C)[S+]([O-])N=Cc2ncco2)co1. The van der Waals surface area contributed by atoms with Crippen molar-refractivity contribution in [2.75, 3.05) is 0 Å². The lowest BCUT2D eigenvalue weighted by molar-refractivity contribution is 0.404. The van der Waals surface area contributed by atoms with E-state index in [9.17, 15) is 9.11 Å². The first-order chi connectivity index (χ1) is 16.5. The van der Waals surface area contributed by atoms with Crippen LogP contribution in [0.15, 0.2) is 62.3 Å². The zero-order valence-electron chi connectivity index (χ0n) is 20.9. The molecule has 0 fully saturated rings. The Morgan fingerprint density at radius 2 is 1.86 bits per heavy atom. The van der Waals surface area contributed by atoms with Gasteiger partial charge in [-0.05, 0) is 59.4 Å². The predicted octanol–water partition coefficient (Wildman–Crippen LogP) is 4.88. The van der Waals surface area contributed by atoms with E-state index < -0.39 is 32.2 Å². The molecule has 3 aromatic rings. The fraction of sp³-hybridized carbons (Fsp3) is 0.480. The summed E-state index contributed by atoms with van der Waals surface area (Å²) in [6, 6.07) is 9.96. The third-order valence-electron chi connectivity index (χ3n) is 5.26. The Hall–Kier alpha value is -2.11. The van der Waals surface area contributed by atoms with Gasteiger partial charge in [-0.2, -0.15) is 0 Å². The van der Waals surface area contributed by atoms with Crippen LogP contribution < -0.4 is 4.72 Å². The number of aromatic nitrogens is 2. The van der Waals surface area contributed by atoms with Crippen LogP contribution in [0.2, 0.25) is 0 Å². The van der Waals surface area contributed by atoms with Gasteiger partial charge in [0.15, 0.2) is 4.75 Å². The Balaban J connectivity index is 1.67. The van der Waals surface area contributed by atoms with E-state index in [-0.39, 0.29) is 6.04 Å². The molecule has 8 nitrogen and oxygen atoms in total. The summed E-state index contributed by atoms with van der Waals surface area (Å²) < 4.78 is 42.7. The Kier molecular flexibility index (Phi) is 9.60. The van der Waals surface area contributed by atoms with Crippen LogP contribution in [0, 0.1) is 0 Å². The maximum atomic E-state index is 12.8. The first kappa shape index (κ1) is 27.5. The molecule has 0 aliphatic rings. The van der Waals surface area contributed by atoms with Gasteiger partial charge in [0.25, 0.3) is 0 Å². The van der Waals surface area contributed by atoms with E-state index in [0.29, 0.717) is 30.3 Å². The largest absolute Gasteiger partial charge is 0.598 e. The molecule has 10 heteroatoms. The third kappa shape index (κ3) is 8.50. The second-order valence-corrected chi connectivity index (χ2v) is 13.7. The maximum Gasteiger partial charge on any atom is 0.241 e. The second kappa shape index (κ2) is 12.2. The summed E-state index contributed by atoms with van der Waals surface area (Å²) in [4.78, 5) is 8.62. The molecule has 0 saturated carbocycles. The van der Waals surface area contributed by atoms with E-state index in [1.165, 1.54) is 24.2 Å². The van der Waals surface area contributed by atoms with E-state index in [1.54, 1.807) is 6.26 Å². The number of nitrogens with one attached hydrogen (secondary N) is 1. The average Bonchev–Trinajstić information content (AvgIpc) is 3.48. The number of nitrogens with zero attached hydrogens (tertiary/aromatic N) is 3. The van der Waals surface area contributed by atoms with E-state index in [2.05, 4.69) is 31.2 Å². The molecule has 0 amide bonds. The first-order valence-electron chi connectivity index (χ1n) is 11.6. The number of hydrogen-bond donors (Lipinski definition) is 1. The van der Waals surface area contributed by atoms with Crippen molar-refractivity contribution < 1.29 is 17.9 Å². The van der Waals surface area contributed by atoms with Crippen molar-refractivity contribution in [2.45, 2.75) is 75.8 Å². The molecule has 0 aliphatic heterocycles. The zero-order valence-corrected chi connectivity index (χ0v) is 22.5. The maximum absolute atomic E-state index is 12.8. The van der Waals surface area contributed by atoms with Gasteiger partial charge in [0.1, 0.15) is 40.9 Å². The summed E-state index contributed by atoms with van der Waals surface area (Å²) in [6.45, 7) is 9.49. The van der Waals surface area contributed by atoms with Gasteiger partial charge in [-0.25, -0.2) is 9.97 Å². The van der Waals surface area contributed by atoms with Gasteiger partial charge in [-0.3, -0.25) is 0 Å². The molecule has 3 unspecified atom stereocenters. The highest BCUT2D eigenvalue weighted by Gasteiger charge is 2.36. The number of oxazole rings is 2. The fourth-order valence-electron chi connectivity index (χ4n) is 3.29. The van der Waals surface area contributed by atoms with E-state index >= 15 is 0 Å². The lowest BCUT2D eigenvalue weighted by atomic mass is 10.1. The average molecular weight is 519 g/mol.